The smallest absolute Gasteiger partial charge is 0.323 e. The van der Waals surface area contributed by atoms with Crippen LogP contribution in [0.1, 0.15) is 16.9 Å². The number of amides is 4. The topological polar surface area (TPSA) is 94.3 Å². The molecular weight excluding hydrogens is 636 g/mol. The van der Waals surface area contributed by atoms with Gasteiger partial charge in [0.1, 0.15) is 8.93 Å². The summed E-state index contributed by atoms with van der Waals surface area (Å²) in [6.45, 7) is 0.268. The number of hydrogen-bond acceptors (Lipinski definition) is 3. The van der Waals surface area contributed by atoms with Crippen LogP contribution in [0.2, 0.25) is 0 Å². The summed E-state index contributed by atoms with van der Waals surface area (Å²) in [5.41, 5.74) is -1.29. The number of aromatic amines is 1. The lowest BCUT2D eigenvalue weighted by molar-refractivity contribution is -0.128. The lowest BCUT2D eigenvalue weighted by atomic mass is 10.1. The van der Waals surface area contributed by atoms with Crippen LogP contribution in [-0.2, 0) is 4.79 Å². The van der Waals surface area contributed by atoms with Crippen molar-refractivity contribution in [1.82, 2.24) is 20.5 Å². The molecule has 1 aromatic heterocycles. The number of imide groups is 1. The van der Waals surface area contributed by atoms with Gasteiger partial charge in [0.2, 0.25) is 5.66 Å². The number of carbonyl (C=O) groups excluding carboxylic acids is 3. The Labute approximate surface area is 172 Å². The van der Waals surface area contributed by atoms with E-state index in [1.54, 1.807) is 0 Å². The van der Waals surface area contributed by atoms with Gasteiger partial charge in [-0.3, -0.25) is 14.9 Å². The molecule has 3 rings (SSSR count). The molecule has 124 valence electrons. The van der Waals surface area contributed by atoms with E-state index in [9.17, 15) is 14.4 Å². The van der Waals surface area contributed by atoms with Crippen molar-refractivity contribution >= 4 is 97.5 Å². The highest BCUT2D eigenvalue weighted by Crippen LogP contribution is 2.50. The SMILES string of the molecule is O=C1NC(=O)C2(N1)N(C(=O)c1[nH]c(Br)c(Br)c1Br)CCC2(Br)Br. The first-order valence-corrected chi connectivity index (χ1v) is 10.1. The predicted octanol–water partition coefficient (Wildman–Crippen LogP) is 3.17. The van der Waals surface area contributed by atoms with Crippen molar-refractivity contribution in [3.63, 3.8) is 0 Å². The molecule has 1 spiro atoms. The van der Waals surface area contributed by atoms with Crippen LogP contribution >= 0.6 is 79.6 Å². The first-order valence-electron chi connectivity index (χ1n) is 6.17. The van der Waals surface area contributed by atoms with Crippen molar-refractivity contribution in [3.8, 4) is 0 Å². The highest BCUT2D eigenvalue weighted by atomic mass is 79.9. The molecule has 0 bridgehead atoms. The minimum atomic E-state index is -1.55. The monoisotopic (exact) mass is 638 g/mol. The summed E-state index contributed by atoms with van der Waals surface area (Å²) >= 11 is 16.8. The third-order valence-corrected chi connectivity index (χ3v) is 8.92. The molecule has 2 aliphatic rings. The minimum Gasteiger partial charge on any atom is -0.343 e. The second-order valence-electron chi connectivity index (χ2n) is 4.97. The van der Waals surface area contributed by atoms with E-state index in [0.29, 0.717) is 20.0 Å². The van der Waals surface area contributed by atoms with Gasteiger partial charge in [0.15, 0.2) is 0 Å². The highest BCUT2D eigenvalue weighted by Gasteiger charge is 2.68. The van der Waals surface area contributed by atoms with Crippen molar-refractivity contribution in [2.24, 2.45) is 0 Å². The largest absolute Gasteiger partial charge is 0.343 e. The Bertz CT molecular complexity index is 748. The molecule has 23 heavy (non-hydrogen) atoms. The van der Waals surface area contributed by atoms with E-state index in [1.165, 1.54) is 4.90 Å². The van der Waals surface area contributed by atoms with Crippen LogP contribution in [0.3, 0.4) is 0 Å². The molecule has 3 N–H and O–H groups in total. The third-order valence-electron chi connectivity index (χ3n) is 3.73. The summed E-state index contributed by atoms with van der Waals surface area (Å²) in [4.78, 5) is 41.3. The van der Waals surface area contributed by atoms with Crippen LogP contribution < -0.4 is 10.6 Å². The molecule has 3 heterocycles. The van der Waals surface area contributed by atoms with Crippen molar-refractivity contribution in [2.75, 3.05) is 6.54 Å². The number of nitrogens with zero attached hydrogens (tertiary/aromatic N) is 1. The third kappa shape index (κ3) is 2.47. The Kier molecular flexibility index (Phi) is 4.53. The van der Waals surface area contributed by atoms with Crippen LogP contribution in [0.25, 0.3) is 0 Å². The molecule has 0 saturated carbocycles. The van der Waals surface area contributed by atoms with Gasteiger partial charge in [0.05, 0.1) is 13.5 Å². The van der Waals surface area contributed by atoms with Gasteiger partial charge in [0, 0.05) is 6.54 Å². The van der Waals surface area contributed by atoms with Gasteiger partial charge in [-0.05, 0) is 54.2 Å². The average Bonchev–Trinajstić information content (AvgIpc) is 3.00. The molecule has 0 aromatic carbocycles. The molecule has 2 saturated heterocycles. The zero-order valence-electron chi connectivity index (χ0n) is 11.0. The van der Waals surface area contributed by atoms with Gasteiger partial charge in [-0.25, -0.2) is 4.79 Å². The Morgan fingerprint density at radius 3 is 2.26 bits per heavy atom. The van der Waals surface area contributed by atoms with Gasteiger partial charge in [-0.2, -0.15) is 0 Å². The summed E-state index contributed by atoms with van der Waals surface area (Å²) < 4.78 is 0.797. The van der Waals surface area contributed by atoms with E-state index in [-0.39, 0.29) is 12.2 Å². The molecule has 0 aliphatic carbocycles. The molecule has 4 amide bonds. The number of carbonyl (C=O) groups is 3. The number of hydrogen-bond donors (Lipinski definition) is 3. The lowest BCUT2D eigenvalue weighted by Crippen LogP contribution is -2.66. The zero-order chi connectivity index (χ0) is 17.2. The Morgan fingerprint density at radius 2 is 1.78 bits per heavy atom. The molecule has 1 unspecified atom stereocenters. The lowest BCUT2D eigenvalue weighted by Gasteiger charge is -2.37. The second-order valence-corrected chi connectivity index (χ2v) is 11.1. The fourth-order valence-corrected chi connectivity index (χ4v) is 5.42. The van der Waals surface area contributed by atoms with E-state index < -0.39 is 26.7 Å². The van der Waals surface area contributed by atoms with Gasteiger partial charge in [-0.15, -0.1) is 0 Å². The standard InChI is InChI=1S/C11H7Br5N4O3/c12-3-4(13)6(14)17-5(3)7(21)20-2-1-10(15,16)11(20)8(22)18-9(23)19-11/h17H,1-2H2,(H2,18,19,22,23). The van der Waals surface area contributed by atoms with Crippen LogP contribution in [0.5, 0.6) is 0 Å². The number of aromatic nitrogens is 1. The van der Waals surface area contributed by atoms with Crippen molar-refractivity contribution in [2.45, 2.75) is 15.3 Å². The molecule has 7 nitrogen and oxygen atoms in total. The number of urea groups is 1. The summed E-state index contributed by atoms with van der Waals surface area (Å²) in [5.74, 6) is -1.02. The highest BCUT2D eigenvalue weighted by molar-refractivity contribution is 9.25. The van der Waals surface area contributed by atoms with Gasteiger partial charge < -0.3 is 15.2 Å². The Morgan fingerprint density at radius 1 is 1.13 bits per heavy atom. The fraction of sp³-hybridized carbons (Fsp3) is 0.364. The number of nitrogens with one attached hydrogen (secondary N) is 3. The van der Waals surface area contributed by atoms with E-state index >= 15 is 0 Å². The number of halogens is 5. The number of likely N-dealkylation sites (tertiary alicyclic amines) is 1. The normalized spacial score (nSPS) is 25.9. The Hall–Kier alpha value is 0.0900. The van der Waals surface area contributed by atoms with Gasteiger partial charge in [0.25, 0.3) is 11.8 Å². The molecule has 12 heteroatoms. The van der Waals surface area contributed by atoms with Crippen molar-refractivity contribution < 1.29 is 14.4 Å². The number of H-pyrrole nitrogens is 1. The van der Waals surface area contributed by atoms with Crippen molar-refractivity contribution in [1.29, 1.82) is 0 Å². The van der Waals surface area contributed by atoms with Gasteiger partial charge >= 0.3 is 6.03 Å². The summed E-state index contributed by atoms with van der Waals surface area (Å²) in [7, 11) is 0. The molecule has 1 aromatic rings. The van der Waals surface area contributed by atoms with Crippen LogP contribution in [0.15, 0.2) is 13.5 Å². The predicted molar refractivity (Wildman–Crippen MR) is 99.5 cm³/mol. The molecule has 2 aliphatic heterocycles. The Balaban J connectivity index is 2.08. The zero-order valence-corrected chi connectivity index (χ0v) is 18.9. The van der Waals surface area contributed by atoms with E-state index in [4.69, 9.17) is 0 Å². The van der Waals surface area contributed by atoms with Crippen LogP contribution in [0.4, 0.5) is 4.79 Å². The average molecular weight is 643 g/mol. The maximum Gasteiger partial charge on any atom is 0.323 e. The minimum absolute atomic E-state index is 0.259. The van der Waals surface area contributed by atoms with E-state index in [2.05, 4.69) is 95.3 Å². The first kappa shape index (κ1) is 17.9. The summed E-state index contributed by atoms with van der Waals surface area (Å²) in [6.07, 6.45) is 0.424. The molecule has 1 atom stereocenters. The molecule has 2 fully saturated rings. The van der Waals surface area contributed by atoms with Gasteiger partial charge in [-0.1, -0.05) is 31.9 Å². The van der Waals surface area contributed by atoms with E-state index in [0.717, 1.165) is 0 Å². The van der Waals surface area contributed by atoms with Crippen LogP contribution in [-0.4, -0.2) is 43.2 Å². The first-order chi connectivity index (χ1) is 10.6. The summed E-state index contributed by atoms with van der Waals surface area (Å²) in [5, 5.41) is 4.76. The fourth-order valence-electron chi connectivity index (χ4n) is 2.65. The molecular formula is C11H7Br5N4O3. The quantitative estimate of drug-likeness (QED) is 0.325. The maximum atomic E-state index is 13.0. The number of alkyl halides is 2. The number of rotatable bonds is 1. The second kappa shape index (κ2) is 5.82. The van der Waals surface area contributed by atoms with Crippen molar-refractivity contribution in [3.05, 3.63) is 19.2 Å². The maximum absolute atomic E-state index is 13.0. The molecule has 0 radical (unpaired) electrons. The van der Waals surface area contributed by atoms with Crippen LogP contribution in [0, 0.1) is 0 Å². The summed E-state index contributed by atoms with van der Waals surface area (Å²) in [6, 6.07) is -0.647. The van der Waals surface area contributed by atoms with E-state index in [1.807, 2.05) is 0 Å².